The zero-order chi connectivity index (χ0) is 14.4. The van der Waals surface area contributed by atoms with Crippen LogP contribution in [0.4, 0.5) is 0 Å². The van der Waals surface area contributed by atoms with Gasteiger partial charge in [0.25, 0.3) is 0 Å². The average molecular weight is 280 g/mol. The number of nitrogens with one attached hydrogen (secondary N) is 1. The SMILES string of the molecule is CC1CCC(CNC(C)C(=O)N2CCCCCC2)CC1. The van der Waals surface area contributed by atoms with Crippen LogP contribution in [-0.4, -0.2) is 36.5 Å². The summed E-state index contributed by atoms with van der Waals surface area (Å²) in [6, 6.07) is -0.00699. The fourth-order valence-electron chi connectivity index (χ4n) is 3.53. The summed E-state index contributed by atoms with van der Waals surface area (Å²) >= 11 is 0. The van der Waals surface area contributed by atoms with E-state index in [0.717, 1.165) is 31.5 Å². The molecular formula is C17H32N2O. The number of hydrogen-bond donors (Lipinski definition) is 1. The van der Waals surface area contributed by atoms with Gasteiger partial charge in [-0.15, -0.1) is 0 Å². The van der Waals surface area contributed by atoms with E-state index in [0.29, 0.717) is 5.91 Å². The molecule has 1 saturated heterocycles. The monoisotopic (exact) mass is 280 g/mol. The summed E-state index contributed by atoms with van der Waals surface area (Å²) in [6.45, 7) is 7.35. The van der Waals surface area contributed by atoms with Crippen molar-refractivity contribution >= 4 is 5.91 Å². The Kier molecular flexibility index (Phi) is 6.34. The van der Waals surface area contributed by atoms with Crippen molar-refractivity contribution in [1.29, 1.82) is 0 Å². The van der Waals surface area contributed by atoms with Crippen LogP contribution in [0.2, 0.25) is 0 Å². The topological polar surface area (TPSA) is 32.3 Å². The molecule has 0 aromatic heterocycles. The lowest BCUT2D eigenvalue weighted by molar-refractivity contribution is -0.133. The van der Waals surface area contributed by atoms with Gasteiger partial charge in [0.05, 0.1) is 6.04 Å². The van der Waals surface area contributed by atoms with Gasteiger partial charge >= 0.3 is 0 Å². The Bertz CT molecular complexity index is 289. The van der Waals surface area contributed by atoms with Crippen LogP contribution in [-0.2, 0) is 4.79 Å². The number of likely N-dealkylation sites (tertiary alicyclic amines) is 1. The smallest absolute Gasteiger partial charge is 0.239 e. The molecule has 1 atom stereocenters. The fourth-order valence-corrected chi connectivity index (χ4v) is 3.53. The van der Waals surface area contributed by atoms with Gasteiger partial charge in [-0.05, 0) is 51.0 Å². The highest BCUT2D eigenvalue weighted by Gasteiger charge is 2.23. The first-order chi connectivity index (χ1) is 9.66. The van der Waals surface area contributed by atoms with Crippen molar-refractivity contribution in [2.24, 2.45) is 11.8 Å². The molecule has 1 unspecified atom stereocenters. The normalized spacial score (nSPS) is 29.8. The van der Waals surface area contributed by atoms with Gasteiger partial charge in [-0.3, -0.25) is 4.79 Å². The Labute approximate surface area is 124 Å². The van der Waals surface area contributed by atoms with Crippen molar-refractivity contribution < 1.29 is 4.79 Å². The van der Waals surface area contributed by atoms with E-state index in [2.05, 4.69) is 17.1 Å². The minimum atomic E-state index is -0.00699. The van der Waals surface area contributed by atoms with Gasteiger partial charge in [-0.2, -0.15) is 0 Å². The number of amides is 1. The van der Waals surface area contributed by atoms with Crippen LogP contribution in [0.25, 0.3) is 0 Å². The molecule has 1 aliphatic heterocycles. The molecule has 1 N–H and O–H groups in total. The lowest BCUT2D eigenvalue weighted by Gasteiger charge is -2.29. The van der Waals surface area contributed by atoms with Gasteiger partial charge in [-0.1, -0.05) is 32.6 Å². The second kappa shape index (κ2) is 8.02. The van der Waals surface area contributed by atoms with Crippen LogP contribution < -0.4 is 5.32 Å². The zero-order valence-electron chi connectivity index (χ0n) is 13.4. The first-order valence-electron chi connectivity index (χ1n) is 8.69. The van der Waals surface area contributed by atoms with Gasteiger partial charge in [0.2, 0.25) is 5.91 Å². The van der Waals surface area contributed by atoms with Crippen LogP contribution in [0.5, 0.6) is 0 Å². The van der Waals surface area contributed by atoms with Crippen LogP contribution in [0, 0.1) is 11.8 Å². The van der Waals surface area contributed by atoms with Crippen molar-refractivity contribution in [1.82, 2.24) is 10.2 Å². The van der Waals surface area contributed by atoms with Crippen molar-refractivity contribution in [2.75, 3.05) is 19.6 Å². The maximum absolute atomic E-state index is 12.4. The standard InChI is InChI=1S/C17H32N2O/c1-14-7-9-16(10-8-14)13-18-15(2)17(20)19-11-5-3-4-6-12-19/h14-16,18H,3-13H2,1-2H3. The highest BCUT2D eigenvalue weighted by molar-refractivity contribution is 5.81. The summed E-state index contributed by atoms with van der Waals surface area (Å²) < 4.78 is 0. The molecule has 2 rings (SSSR count). The molecule has 3 nitrogen and oxygen atoms in total. The highest BCUT2D eigenvalue weighted by Crippen LogP contribution is 2.27. The molecule has 20 heavy (non-hydrogen) atoms. The second-order valence-corrected chi connectivity index (χ2v) is 7.00. The molecule has 1 amide bonds. The summed E-state index contributed by atoms with van der Waals surface area (Å²) in [5, 5.41) is 3.49. The van der Waals surface area contributed by atoms with Gasteiger partial charge in [0.1, 0.15) is 0 Å². The van der Waals surface area contributed by atoms with Crippen molar-refractivity contribution in [3.05, 3.63) is 0 Å². The van der Waals surface area contributed by atoms with Crippen LogP contribution in [0.3, 0.4) is 0 Å². The summed E-state index contributed by atoms with van der Waals surface area (Å²) in [5.41, 5.74) is 0. The van der Waals surface area contributed by atoms with Gasteiger partial charge in [-0.25, -0.2) is 0 Å². The molecule has 1 saturated carbocycles. The third kappa shape index (κ3) is 4.76. The molecule has 0 aromatic rings. The summed E-state index contributed by atoms with van der Waals surface area (Å²) in [6.07, 6.45) is 10.3. The molecule has 2 fully saturated rings. The number of rotatable bonds is 4. The molecule has 0 spiro atoms. The Morgan fingerprint density at radius 2 is 1.70 bits per heavy atom. The molecule has 3 heteroatoms. The lowest BCUT2D eigenvalue weighted by atomic mass is 9.83. The molecule has 0 bridgehead atoms. The van der Waals surface area contributed by atoms with Gasteiger partial charge in [0.15, 0.2) is 0 Å². The minimum Gasteiger partial charge on any atom is -0.341 e. The van der Waals surface area contributed by atoms with Crippen molar-refractivity contribution in [3.63, 3.8) is 0 Å². The lowest BCUT2D eigenvalue weighted by Crippen LogP contribution is -2.46. The van der Waals surface area contributed by atoms with Crippen LogP contribution in [0.15, 0.2) is 0 Å². The minimum absolute atomic E-state index is 0.00699. The predicted molar refractivity (Wildman–Crippen MR) is 83.6 cm³/mol. The Morgan fingerprint density at radius 1 is 1.10 bits per heavy atom. The van der Waals surface area contributed by atoms with Crippen LogP contribution >= 0.6 is 0 Å². The number of hydrogen-bond acceptors (Lipinski definition) is 2. The van der Waals surface area contributed by atoms with E-state index in [1.54, 1.807) is 0 Å². The van der Waals surface area contributed by atoms with E-state index in [9.17, 15) is 4.79 Å². The first-order valence-corrected chi connectivity index (χ1v) is 8.69. The molecule has 116 valence electrons. The Hall–Kier alpha value is -0.570. The molecule has 0 aromatic carbocycles. The molecule has 2 aliphatic rings. The molecule has 1 aliphatic carbocycles. The van der Waals surface area contributed by atoms with E-state index < -0.39 is 0 Å². The molecule has 1 heterocycles. The predicted octanol–water partition coefficient (Wildman–Crippen LogP) is 3.19. The molecular weight excluding hydrogens is 248 g/mol. The number of carbonyl (C=O) groups excluding carboxylic acids is 1. The Morgan fingerprint density at radius 3 is 2.30 bits per heavy atom. The largest absolute Gasteiger partial charge is 0.341 e. The van der Waals surface area contributed by atoms with E-state index >= 15 is 0 Å². The maximum Gasteiger partial charge on any atom is 0.239 e. The van der Waals surface area contributed by atoms with Gasteiger partial charge < -0.3 is 10.2 Å². The summed E-state index contributed by atoms with van der Waals surface area (Å²) in [4.78, 5) is 14.5. The van der Waals surface area contributed by atoms with Crippen molar-refractivity contribution in [2.45, 2.75) is 71.3 Å². The zero-order valence-corrected chi connectivity index (χ0v) is 13.4. The third-order valence-electron chi connectivity index (χ3n) is 5.14. The Balaban J connectivity index is 1.70. The maximum atomic E-state index is 12.4. The van der Waals surface area contributed by atoms with Gasteiger partial charge in [0, 0.05) is 13.1 Å². The van der Waals surface area contributed by atoms with Crippen LogP contribution in [0.1, 0.15) is 65.2 Å². The highest BCUT2D eigenvalue weighted by atomic mass is 16.2. The summed E-state index contributed by atoms with van der Waals surface area (Å²) in [5.74, 6) is 2.00. The summed E-state index contributed by atoms with van der Waals surface area (Å²) in [7, 11) is 0. The average Bonchev–Trinajstić information content (AvgIpc) is 2.74. The van der Waals surface area contributed by atoms with E-state index in [1.807, 2.05) is 6.92 Å². The molecule has 0 radical (unpaired) electrons. The quantitative estimate of drug-likeness (QED) is 0.857. The fraction of sp³-hybridized carbons (Fsp3) is 0.941. The first kappa shape index (κ1) is 15.8. The third-order valence-corrected chi connectivity index (χ3v) is 5.14. The van der Waals surface area contributed by atoms with E-state index in [4.69, 9.17) is 0 Å². The number of nitrogens with zero attached hydrogens (tertiary/aromatic N) is 1. The van der Waals surface area contributed by atoms with Crippen molar-refractivity contribution in [3.8, 4) is 0 Å². The van der Waals surface area contributed by atoms with E-state index in [1.165, 1.54) is 51.4 Å². The van der Waals surface area contributed by atoms with E-state index in [-0.39, 0.29) is 6.04 Å². The number of carbonyl (C=O) groups is 1. The second-order valence-electron chi connectivity index (χ2n) is 7.00.